The summed E-state index contributed by atoms with van der Waals surface area (Å²) in [5.74, 6) is 0.720. The minimum atomic E-state index is -3.36. The number of aromatic nitrogens is 2. The molecule has 1 aliphatic heterocycles. The van der Waals surface area contributed by atoms with Gasteiger partial charge in [0.05, 0.1) is 10.6 Å². The van der Waals surface area contributed by atoms with Crippen molar-refractivity contribution in [1.82, 2.24) is 24.7 Å². The van der Waals surface area contributed by atoms with E-state index >= 15 is 0 Å². The molecule has 2 N–H and O–H groups in total. The van der Waals surface area contributed by atoms with Gasteiger partial charge in [-0.25, -0.2) is 8.42 Å². The topological polar surface area (TPSA) is 91.6 Å². The third-order valence-corrected chi connectivity index (χ3v) is 7.17. The van der Waals surface area contributed by atoms with Crippen LogP contribution in [0.25, 0.3) is 0 Å². The maximum atomic E-state index is 12.6. The molecule has 8 nitrogen and oxygen atoms in total. The predicted octanol–water partition coefficient (Wildman–Crippen LogP) is 2.04. The zero-order valence-electron chi connectivity index (χ0n) is 18.1. The minimum absolute atomic E-state index is 0.361. The molecular formula is C21H32N6O2S. The van der Waals surface area contributed by atoms with Gasteiger partial charge in [0.15, 0.2) is 5.96 Å². The number of benzene rings is 1. The Kier molecular flexibility index (Phi) is 7.49. The number of sulfonamides is 1. The SMILES string of the molecule is CN=C(NCCCn1nc(C)cc1C)NCc1ccc(S(=O)(=O)N2CCCC2)cc1. The molecule has 0 bridgehead atoms. The van der Waals surface area contributed by atoms with E-state index in [2.05, 4.69) is 33.7 Å². The van der Waals surface area contributed by atoms with E-state index < -0.39 is 10.0 Å². The molecule has 0 spiro atoms. The molecule has 0 atom stereocenters. The average Bonchev–Trinajstić information content (AvgIpc) is 3.38. The molecule has 0 aliphatic carbocycles. The van der Waals surface area contributed by atoms with Gasteiger partial charge in [0.1, 0.15) is 0 Å². The molecule has 9 heteroatoms. The number of hydrogen-bond acceptors (Lipinski definition) is 4. The second-order valence-corrected chi connectivity index (χ2v) is 9.55. The summed E-state index contributed by atoms with van der Waals surface area (Å²) < 4.78 is 28.8. The van der Waals surface area contributed by atoms with Gasteiger partial charge in [-0.3, -0.25) is 9.67 Å². The van der Waals surface area contributed by atoms with E-state index in [1.165, 1.54) is 5.69 Å². The van der Waals surface area contributed by atoms with Crippen LogP contribution in [0, 0.1) is 13.8 Å². The van der Waals surface area contributed by atoms with Crippen molar-refractivity contribution >= 4 is 16.0 Å². The standard InChI is InChI=1S/C21H32N6O2S/c1-17-15-18(2)27(25-17)14-6-11-23-21(22-3)24-16-19-7-9-20(10-8-19)30(28,29)26-12-4-5-13-26/h7-10,15H,4-6,11-14,16H2,1-3H3,(H2,22,23,24). The lowest BCUT2D eigenvalue weighted by molar-refractivity contribution is 0.477. The summed E-state index contributed by atoms with van der Waals surface area (Å²) in [6, 6.07) is 9.16. The normalized spacial score (nSPS) is 15.5. The fraction of sp³-hybridized carbons (Fsp3) is 0.524. The van der Waals surface area contributed by atoms with Gasteiger partial charge in [0, 0.05) is 45.5 Å². The van der Waals surface area contributed by atoms with Crippen molar-refractivity contribution in [3.05, 3.63) is 47.3 Å². The van der Waals surface area contributed by atoms with E-state index in [1.807, 2.05) is 23.7 Å². The maximum absolute atomic E-state index is 12.6. The molecule has 0 unspecified atom stereocenters. The number of guanidine groups is 1. The number of hydrogen-bond donors (Lipinski definition) is 2. The number of nitrogens with one attached hydrogen (secondary N) is 2. The number of rotatable bonds is 8. The Hall–Kier alpha value is -2.39. The Morgan fingerprint density at radius 1 is 1.13 bits per heavy atom. The van der Waals surface area contributed by atoms with Crippen LogP contribution in [0.3, 0.4) is 0 Å². The molecule has 2 aromatic rings. The third-order valence-electron chi connectivity index (χ3n) is 5.25. The highest BCUT2D eigenvalue weighted by Crippen LogP contribution is 2.21. The van der Waals surface area contributed by atoms with Crippen molar-refractivity contribution in [2.75, 3.05) is 26.7 Å². The minimum Gasteiger partial charge on any atom is -0.356 e. The van der Waals surface area contributed by atoms with Crippen molar-refractivity contribution < 1.29 is 8.42 Å². The van der Waals surface area contributed by atoms with Gasteiger partial charge in [-0.2, -0.15) is 9.40 Å². The van der Waals surface area contributed by atoms with Gasteiger partial charge in [-0.1, -0.05) is 12.1 Å². The zero-order valence-corrected chi connectivity index (χ0v) is 18.9. The summed E-state index contributed by atoms with van der Waals surface area (Å²) in [5.41, 5.74) is 3.21. The lowest BCUT2D eigenvalue weighted by atomic mass is 10.2. The van der Waals surface area contributed by atoms with Crippen molar-refractivity contribution in [2.24, 2.45) is 4.99 Å². The molecule has 2 heterocycles. The average molecular weight is 433 g/mol. The van der Waals surface area contributed by atoms with Crippen LogP contribution in [0.4, 0.5) is 0 Å². The van der Waals surface area contributed by atoms with E-state index in [4.69, 9.17) is 0 Å². The van der Waals surface area contributed by atoms with E-state index in [1.54, 1.807) is 23.5 Å². The lowest BCUT2D eigenvalue weighted by Crippen LogP contribution is -2.37. The molecule has 164 valence electrons. The quantitative estimate of drug-likeness (QED) is 0.378. The van der Waals surface area contributed by atoms with E-state index in [9.17, 15) is 8.42 Å². The molecular weight excluding hydrogens is 400 g/mol. The smallest absolute Gasteiger partial charge is 0.243 e. The van der Waals surface area contributed by atoms with Crippen LogP contribution in [0.1, 0.15) is 36.2 Å². The third kappa shape index (κ3) is 5.60. The van der Waals surface area contributed by atoms with Gasteiger partial charge in [0.25, 0.3) is 0 Å². The molecule has 0 radical (unpaired) electrons. The first kappa shape index (κ1) is 22.3. The summed E-state index contributed by atoms with van der Waals surface area (Å²) in [7, 11) is -1.62. The van der Waals surface area contributed by atoms with Crippen LogP contribution in [0.15, 0.2) is 40.2 Å². The first-order valence-corrected chi connectivity index (χ1v) is 11.9. The Morgan fingerprint density at radius 3 is 2.43 bits per heavy atom. The van der Waals surface area contributed by atoms with E-state index in [-0.39, 0.29) is 0 Å². The van der Waals surface area contributed by atoms with Gasteiger partial charge in [-0.05, 0) is 56.9 Å². The largest absolute Gasteiger partial charge is 0.356 e. The molecule has 0 saturated carbocycles. The van der Waals surface area contributed by atoms with Gasteiger partial charge >= 0.3 is 0 Å². The number of aryl methyl sites for hydroxylation is 3. The predicted molar refractivity (Wildman–Crippen MR) is 119 cm³/mol. The maximum Gasteiger partial charge on any atom is 0.243 e. The van der Waals surface area contributed by atoms with Crippen molar-refractivity contribution in [2.45, 2.75) is 51.1 Å². The Labute approximate surface area is 179 Å². The summed E-state index contributed by atoms with van der Waals surface area (Å²) in [4.78, 5) is 4.61. The monoisotopic (exact) mass is 432 g/mol. The highest BCUT2D eigenvalue weighted by atomic mass is 32.2. The molecule has 30 heavy (non-hydrogen) atoms. The molecule has 1 fully saturated rings. The second kappa shape index (κ2) is 10.1. The lowest BCUT2D eigenvalue weighted by Gasteiger charge is -2.16. The zero-order chi connectivity index (χ0) is 21.6. The highest BCUT2D eigenvalue weighted by Gasteiger charge is 2.26. The van der Waals surface area contributed by atoms with Gasteiger partial charge < -0.3 is 10.6 Å². The van der Waals surface area contributed by atoms with Crippen LogP contribution in [0.2, 0.25) is 0 Å². The van der Waals surface area contributed by atoms with E-state index in [0.717, 1.165) is 49.6 Å². The fourth-order valence-electron chi connectivity index (χ4n) is 3.60. The van der Waals surface area contributed by atoms with Crippen LogP contribution in [-0.4, -0.2) is 55.1 Å². The highest BCUT2D eigenvalue weighted by molar-refractivity contribution is 7.89. The van der Waals surface area contributed by atoms with Gasteiger partial charge in [0.2, 0.25) is 10.0 Å². The first-order valence-electron chi connectivity index (χ1n) is 10.4. The van der Waals surface area contributed by atoms with Crippen molar-refractivity contribution in [3.63, 3.8) is 0 Å². The van der Waals surface area contributed by atoms with E-state index in [0.29, 0.717) is 24.5 Å². The summed E-state index contributed by atoms with van der Waals surface area (Å²) >= 11 is 0. The van der Waals surface area contributed by atoms with Gasteiger partial charge in [-0.15, -0.1) is 0 Å². The Morgan fingerprint density at radius 2 is 1.83 bits per heavy atom. The number of aliphatic imine (C=N–C) groups is 1. The Balaban J connectivity index is 1.45. The van der Waals surface area contributed by atoms with Crippen LogP contribution in [0.5, 0.6) is 0 Å². The molecule has 1 aromatic heterocycles. The first-order chi connectivity index (χ1) is 14.4. The molecule has 1 aliphatic rings. The summed E-state index contributed by atoms with van der Waals surface area (Å²) in [6.07, 6.45) is 2.81. The van der Waals surface area contributed by atoms with Crippen LogP contribution < -0.4 is 10.6 Å². The molecule has 1 aromatic carbocycles. The Bertz CT molecular complexity index is 960. The van der Waals surface area contributed by atoms with Crippen molar-refractivity contribution in [3.8, 4) is 0 Å². The van der Waals surface area contributed by atoms with Crippen molar-refractivity contribution in [1.29, 1.82) is 0 Å². The van der Waals surface area contributed by atoms with Crippen LogP contribution >= 0.6 is 0 Å². The second-order valence-electron chi connectivity index (χ2n) is 7.61. The molecule has 1 saturated heterocycles. The summed E-state index contributed by atoms with van der Waals surface area (Å²) in [5, 5.41) is 11.0. The molecule has 3 rings (SSSR count). The number of nitrogens with zero attached hydrogens (tertiary/aromatic N) is 4. The molecule has 0 amide bonds. The van der Waals surface area contributed by atoms with Crippen LogP contribution in [-0.2, 0) is 23.1 Å². The fourth-order valence-corrected chi connectivity index (χ4v) is 5.12. The summed E-state index contributed by atoms with van der Waals surface area (Å²) in [6.45, 7) is 7.51.